The molecule has 0 saturated carbocycles. The molecule has 3 aliphatic heterocycles. The summed E-state index contributed by atoms with van der Waals surface area (Å²) in [6.45, 7) is 4.28. The molecule has 0 bridgehead atoms. The van der Waals surface area contributed by atoms with E-state index in [1.54, 1.807) is 0 Å². The number of hydrogen-bond donors (Lipinski definition) is 0. The number of benzene rings is 1. The van der Waals surface area contributed by atoms with E-state index in [9.17, 15) is 18.0 Å². The largest absolute Gasteiger partial charge is 0.342 e. The summed E-state index contributed by atoms with van der Waals surface area (Å²) in [7, 11) is -2.90. The quantitative estimate of drug-likeness (QED) is 0.629. The number of carbonyl (C=O) groups is 2. The lowest BCUT2D eigenvalue weighted by atomic mass is 10.1. The summed E-state index contributed by atoms with van der Waals surface area (Å²) in [6.07, 6.45) is 2.84. The summed E-state index contributed by atoms with van der Waals surface area (Å²) in [5, 5.41) is 0. The molecule has 30 heavy (non-hydrogen) atoms. The number of sulfone groups is 1. The van der Waals surface area contributed by atoms with E-state index < -0.39 is 9.84 Å². The second kappa shape index (κ2) is 9.28. The summed E-state index contributed by atoms with van der Waals surface area (Å²) in [6, 6.07) is 7.60. The predicted molar refractivity (Wildman–Crippen MR) is 118 cm³/mol. The van der Waals surface area contributed by atoms with Gasteiger partial charge in [0.1, 0.15) is 0 Å². The Morgan fingerprint density at radius 2 is 1.67 bits per heavy atom. The molecule has 164 valence electrons. The van der Waals surface area contributed by atoms with Crippen LogP contribution in [0.1, 0.15) is 29.6 Å². The van der Waals surface area contributed by atoms with Crippen molar-refractivity contribution in [2.75, 3.05) is 56.5 Å². The van der Waals surface area contributed by atoms with Crippen molar-refractivity contribution < 1.29 is 18.0 Å². The van der Waals surface area contributed by atoms with Gasteiger partial charge in [0.05, 0.1) is 22.8 Å². The Morgan fingerprint density at radius 3 is 2.33 bits per heavy atom. The number of nitrogens with zero attached hydrogens (tertiary/aromatic N) is 3. The Morgan fingerprint density at radius 1 is 0.967 bits per heavy atom. The van der Waals surface area contributed by atoms with Crippen molar-refractivity contribution in [1.82, 2.24) is 14.7 Å². The van der Waals surface area contributed by atoms with Crippen LogP contribution < -0.4 is 0 Å². The highest BCUT2D eigenvalue weighted by molar-refractivity contribution is 8.00. The molecule has 0 aromatic heterocycles. The van der Waals surface area contributed by atoms with Gasteiger partial charge in [0, 0.05) is 50.2 Å². The Kier molecular flexibility index (Phi) is 6.69. The van der Waals surface area contributed by atoms with Crippen LogP contribution in [0.2, 0.25) is 0 Å². The van der Waals surface area contributed by atoms with E-state index in [0.717, 1.165) is 30.8 Å². The molecule has 2 amide bonds. The molecular weight excluding hydrogens is 422 g/mol. The summed E-state index contributed by atoms with van der Waals surface area (Å²) in [4.78, 5) is 32.3. The zero-order valence-corrected chi connectivity index (χ0v) is 18.8. The van der Waals surface area contributed by atoms with E-state index in [0.29, 0.717) is 43.9 Å². The van der Waals surface area contributed by atoms with Crippen molar-refractivity contribution in [3.63, 3.8) is 0 Å². The summed E-state index contributed by atoms with van der Waals surface area (Å²) in [5.41, 5.74) is 0.647. The number of likely N-dealkylation sites (tertiary alicyclic amines) is 1. The molecule has 0 unspecified atom stereocenters. The maximum atomic E-state index is 13.2. The van der Waals surface area contributed by atoms with E-state index in [1.807, 2.05) is 34.1 Å². The normalized spacial score (nSPS) is 24.3. The first-order valence-electron chi connectivity index (χ1n) is 10.7. The minimum absolute atomic E-state index is 0.00888. The monoisotopic (exact) mass is 451 g/mol. The minimum atomic E-state index is -2.90. The molecule has 0 spiro atoms. The van der Waals surface area contributed by atoms with E-state index >= 15 is 0 Å². The van der Waals surface area contributed by atoms with Gasteiger partial charge in [-0.05, 0) is 31.4 Å². The third-order valence-electron chi connectivity index (χ3n) is 6.25. The van der Waals surface area contributed by atoms with Crippen molar-refractivity contribution in [3.8, 4) is 0 Å². The van der Waals surface area contributed by atoms with Crippen LogP contribution in [0.25, 0.3) is 0 Å². The number of thioether (sulfide) groups is 1. The Balaban J connectivity index is 1.34. The summed E-state index contributed by atoms with van der Waals surface area (Å²) in [5.74, 6) is 1.00. The molecule has 3 fully saturated rings. The van der Waals surface area contributed by atoms with Gasteiger partial charge in [-0.25, -0.2) is 8.42 Å². The Labute approximate surface area is 182 Å². The van der Waals surface area contributed by atoms with Crippen molar-refractivity contribution in [2.24, 2.45) is 0 Å². The van der Waals surface area contributed by atoms with Crippen molar-refractivity contribution in [3.05, 3.63) is 29.8 Å². The van der Waals surface area contributed by atoms with Crippen molar-refractivity contribution >= 4 is 33.4 Å². The maximum absolute atomic E-state index is 13.2. The van der Waals surface area contributed by atoms with E-state index in [1.165, 1.54) is 11.8 Å². The molecule has 3 aliphatic rings. The zero-order chi connectivity index (χ0) is 21.1. The van der Waals surface area contributed by atoms with Gasteiger partial charge in [-0.1, -0.05) is 12.1 Å². The smallest absolute Gasteiger partial charge is 0.255 e. The van der Waals surface area contributed by atoms with Gasteiger partial charge in [0.2, 0.25) is 5.91 Å². The molecule has 1 atom stereocenters. The molecular formula is C21H29N3O4S2. The van der Waals surface area contributed by atoms with Gasteiger partial charge in [-0.2, -0.15) is 0 Å². The maximum Gasteiger partial charge on any atom is 0.255 e. The van der Waals surface area contributed by atoms with Crippen LogP contribution in [0.5, 0.6) is 0 Å². The zero-order valence-electron chi connectivity index (χ0n) is 17.2. The SMILES string of the molecule is O=C(CSc1ccccc1C(=O)N1CCN([C@H]2CCS(=O)(=O)C2)CC1)N1CCCC1. The van der Waals surface area contributed by atoms with Gasteiger partial charge >= 0.3 is 0 Å². The highest BCUT2D eigenvalue weighted by Gasteiger charge is 2.34. The fourth-order valence-corrected chi connectivity index (χ4v) is 7.20. The highest BCUT2D eigenvalue weighted by atomic mass is 32.2. The second-order valence-electron chi connectivity index (χ2n) is 8.26. The minimum Gasteiger partial charge on any atom is -0.342 e. The first-order valence-corrected chi connectivity index (χ1v) is 13.5. The van der Waals surface area contributed by atoms with E-state index in [-0.39, 0.29) is 29.4 Å². The van der Waals surface area contributed by atoms with Crippen LogP contribution in [0.15, 0.2) is 29.2 Å². The average molecular weight is 452 g/mol. The third-order valence-corrected chi connectivity index (χ3v) is 9.06. The van der Waals surface area contributed by atoms with Gasteiger partial charge in [0.15, 0.2) is 9.84 Å². The van der Waals surface area contributed by atoms with Crippen LogP contribution in [-0.4, -0.2) is 97.5 Å². The number of piperazine rings is 1. The van der Waals surface area contributed by atoms with Gasteiger partial charge in [0.25, 0.3) is 5.91 Å². The van der Waals surface area contributed by atoms with Crippen LogP contribution in [0.3, 0.4) is 0 Å². The second-order valence-corrected chi connectivity index (χ2v) is 11.5. The molecule has 9 heteroatoms. The molecule has 3 saturated heterocycles. The molecule has 7 nitrogen and oxygen atoms in total. The predicted octanol–water partition coefficient (Wildman–Crippen LogP) is 1.35. The lowest BCUT2D eigenvalue weighted by Gasteiger charge is -2.37. The molecule has 3 heterocycles. The van der Waals surface area contributed by atoms with E-state index in [4.69, 9.17) is 0 Å². The van der Waals surface area contributed by atoms with Crippen molar-refractivity contribution in [2.45, 2.75) is 30.2 Å². The van der Waals surface area contributed by atoms with Crippen LogP contribution in [0.4, 0.5) is 0 Å². The molecule has 0 N–H and O–H groups in total. The summed E-state index contributed by atoms with van der Waals surface area (Å²) < 4.78 is 23.5. The first-order chi connectivity index (χ1) is 14.4. The molecule has 1 aromatic carbocycles. The van der Waals surface area contributed by atoms with Crippen LogP contribution in [0, 0.1) is 0 Å². The third kappa shape index (κ3) is 5.00. The molecule has 0 aliphatic carbocycles. The highest BCUT2D eigenvalue weighted by Crippen LogP contribution is 2.26. The van der Waals surface area contributed by atoms with E-state index in [2.05, 4.69) is 4.90 Å². The average Bonchev–Trinajstić information content (AvgIpc) is 3.41. The van der Waals surface area contributed by atoms with Crippen LogP contribution in [-0.2, 0) is 14.6 Å². The number of hydrogen-bond acceptors (Lipinski definition) is 6. The summed E-state index contributed by atoms with van der Waals surface area (Å²) >= 11 is 1.44. The topological polar surface area (TPSA) is 78.0 Å². The first kappa shape index (κ1) is 21.6. The van der Waals surface area contributed by atoms with Crippen molar-refractivity contribution in [1.29, 1.82) is 0 Å². The Bertz CT molecular complexity index is 891. The van der Waals surface area contributed by atoms with Gasteiger partial charge in [-0.3, -0.25) is 14.5 Å². The lowest BCUT2D eigenvalue weighted by Crippen LogP contribution is -2.52. The van der Waals surface area contributed by atoms with Crippen LogP contribution >= 0.6 is 11.8 Å². The molecule has 1 aromatic rings. The number of carbonyl (C=O) groups excluding carboxylic acids is 2. The standard InChI is InChI=1S/C21H29N3O4S2/c25-20(23-8-3-4-9-23)15-29-19-6-2-1-5-18(19)21(26)24-12-10-22(11-13-24)17-7-14-30(27,28)16-17/h1-2,5-6,17H,3-4,7-16H2/t17-/m0/s1. The van der Waals surface area contributed by atoms with Gasteiger partial charge in [-0.15, -0.1) is 11.8 Å². The molecule has 0 radical (unpaired) electrons. The molecule has 4 rings (SSSR count). The number of rotatable bonds is 5. The Hall–Kier alpha value is -1.58. The lowest BCUT2D eigenvalue weighted by molar-refractivity contribution is -0.127. The van der Waals surface area contributed by atoms with Gasteiger partial charge < -0.3 is 9.80 Å². The fourth-order valence-electron chi connectivity index (χ4n) is 4.49. The number of amides is 2. The fraction of sp³-hybridized carbons (Fsp3) is 0.619.